The SMILES string of the molecule is COc1ccc(/C=C/C(=O)Nc2ncc3c(n2)CC(C)(C)CC3=O)cc1. The fourth-order valence-corrected chi connectivity index (χ4v) is 2.93. The quantitative estimate of drug-likeness (QED) is 0.855. The number of carbonyl (C=O) groups is 2. The predicted octanol–water partition coefficient (Wildman–Crippen LogP) is 3.29. The van der Waals surface area contributed by atoms with Crippen molar-refractivity contribution >= 4 is 23.7 Å². The van der Waals surface area contributed by atoms with Gasteiger partial charge in [0.15, 0.2) is 5.78 Å². The number of nitrogens with zero attached hydrogens (tertiary/aromatic N) is 2. The molecule has 0 bridgehead atoms. The van der Waals surface area contributed by atoms with E-state index >= 15 is 0 Å². The molecule has 134 valence electrons. The molecule has 0 fully saturated rings. The molecule has 1 aromatic heterocycles. The van der Waals surface area contributed by atoms with Gasteiger partial charge in [-0.3, -0.25) is 14.9 Å². The van der Waals surface area contributed by atoms with E-state index < -0.39 is 0 Å². The minimum absolute atomic E-state index is 0.0496. The van der Waals surface area contributed by atoms with Gasteiger partial charge in [0.05, 0.1) is 18.4 Å². The summed E-state index contributed by atoms with van der Waals surface area (Å²) in [6.45, 7) is 4.07. The van der Waals surface area contributed by atoms with Gasteiger partial charge in [-0.25, -0.2) is 9.97 Å². The van der Waals surface area contributed by atoms with Crippen LogP contribution in [0.15, 0.2) is 36.5 Å². The van der Waals surface area contributed by atoms with Crippen LogP contribution in [-0.4, -0.2) is 28.8 Å². The average Bonchev–Trinajstić information content (AvgIpc) is 2.59. The minimum Gasteiger partial charge on any atom is -0.497 e. The number of aromatic nitrogens is 2. The maximum absolute atomic E-state index is 12.2. The summed E-state index contributed by atoms with van der Waals surface area (Å²) in [7, 11) is 1.60. The van der Waals surface area contributed by atoms with Crippen LogP contribution in [0.1, 0.15) is 41.9 Å². The van der Waals surface area contributed by atoms with Gasteiger partial charge in [0.2, 0.25) is 5.95 Å². The van der Waals surface area contributed by atoms with Crippen molar-refractivity contribution in [2.24, 2.45) is 5.41 Å². The van der Waals surface area contributed by atoms with E-state index in [1.54, 1.807) is 13.2 Å². The Balaban J connectivity index is 1.69. The summed E-state index contributed by atoms with van der Waals surface area (Å²) in [5.74, 6) is 0.681. The molecule has 0 unspecified atom stereocenters. The monoisotopic (exact) mass is 351 g/mol. The van der Waals surface area contributed by atoms with E-state index in [-0.39, 0.29) is 23.1 Å². The Morgan fingerprint density at radius 1 is 1.23 bits per heavy atom. The summed E-state index contributed by atoms with van der Waals surface area (Å²) in [6.07, 6.45) is 5.78. The molecule has 1 N–H and O–H groups in total. The average molecular weight is 351 g/mol. The summed E-state index contributed by atoms with van der Waals surface area (Å²) in [5.41, 5.74) is 1.99. The van der Waals surface area contributed by atoms with Gasteiger partial charge in [-0.1, -0.05) is 26.0 Å². The summed E-state index contributed by atoms with van der Waals surface area (Å²) in [4.78, 5) is 32.7. The number of nitrogens with one attached hydrogen (secondary N) is 1. The lowest BCUT2D eigenvalue weighted by Crippen LogP contribution is -2.28. The van der Waals surface area contributed by atoms with Crippen molar-refractivity contribution in [2.45, 2.75) is 26.7 Å². The zero-order valence-corrected chi connectivity index (χ0v) is 15.1. The second-order valence-electron chi connectivity index (χ2n) is 7.09. The number of methoxy groups -OCH3 is 1. The van der Waals surface area contributed by atoms with E-state index in [1.807, 2.05) is 38.1 Å². The summed E-state index contributed by atoms with van der Waals surface area (Å²) < 4.78 is 5.10. The second-order valence-corrected chi connectivity index (χ2v) is 7.09. The van der Waals surface area contributed by atoms with Gasteiger partial charge in [-0.15, -0.1) is 0 Å². The standard InChI is InChI=1S/C20H21N3O3/c1-20(2)10-16-15(17(24)11-20)12-21-19(22-16)23-18(25)9-6-13-4-7-14(26-3)8-5-13/h4-9,12H,10-11H2,1-3H3,(H,21,22,23,25)/b9-6+. The Bertz CT molecular complexity index is 870. The van der Waals surface area contributed by atoms with Gasteiger partial charge in [-0.2, -0.15) is 0 Å². The Morgan fingerprint density at radius 2 is 1.96 bits per heavy atom. The van der Waals surface area contributed by atoms with Crippen LogP contribution in [0.3, 0.4) is 0 Å². The number of anilines is 1. The van der Waals surface area contributed by atoms with Gasteiger partial charge in [0, 0.05) is 18.7 Å². The maximum atomic E-state index is 12.2. The molecular formula is C20H21N3O3. The molecule has 2 aromatic rings. The fraction of sp³-hybridized carbons (Fsp3) is 0.300. The number of Topliss-reactive ketones (excluding diaryl/α,β-unsaturated/α-hetero) is 1. The molecule has 0 aliphatic heterocycles. The lowest BCUT2D eigenvalue weighted by molar-refractivity contribution is -0.111. The number of benzene rings is 1. The Hall–Kier alpha value is -3.02. The van der Waals surface area contributed by atoms with Gasteiger partial charge >= 0.3 is 0 Å². The van der Waals surface area contributed by atoms with Gasteiger partial charge < -0.3 is 4.74 Å². The molecule has 1 aliphatic carbocycles. The third kappa shape index (κ3) is 4.14. The highest BCUT2D eigenvalue weighted by atomic mass is 16.5. The van der Waals surface area contributed by atoms with Crippen molar-refractivity contribution in [3.63, 3.8) is 0 Å². The van der Waals surface area contributed by atoms with E-state index in [0.29, 0.717) is 24.1 Å². The molecule has 3 rings (SSSR count). The third-order valence-electron chi connectivity index (χ3n) is 4.23. The Labute approximate surface area is 152 Å². The lowest BCUT2D eigenvalue weighted by atomic mass is 9.76. The van der Waals surface area contributed by atoms with Crippen LogP contribution in [0.25, 0.3) is 6.08 Å². The molecule has 1 aliphatic rings. The smallest absolute Gasteiger partial charge is 0.250 e. The summed E-state index contributed by atoms with van der Waals surface area (Å²) >= 11 is 0. The highest BCUT2D eigenvalue weighted by Crippen LogP contribution is 2.33. The fourth-order valence-electron chi connectivity index (χ4n) is 2.93. The van der Waals surface area contributed by atoms with E-state index in [1.165, 1.54) is 12.3 Å². The van der Waals surface area contributed by atoms with Crippen molar-refractivity contribution in [3.05, 3.63) is 53.4 Å². The summed E-state index contributed by atoms with van der Waals surface area (Å²) in [6, 6.07) is 7.35. The normalized spacial score (nSPS) is 15.6. The number of carbonyl (C=O) groups excluding carboxylic acids is 2. The third-order valence-corrected chi connectivity index (χ3v) is 4.23. The Morgan fingerprint density at radius 3 is 2.65 bits per heavy atom. The highest BCUT2D eigenvalue weighted by molar-refractivity contribution is 6.01. The van der Waals surface area contributed by atoms with Crippen LogP contribution >= 0.6 is 0 Å². The van der Waals surface area contributed by atoms with Crippen LogP contribution in [0.2, 0.25) is 0 Å². The maximum Gasteiger partial charge on any atom is 0.250 e. The largest absolute Gasteiger partial charge is 0.497 e. The van der Waals surface area contributed by atoms with Gasteiger partial charge in [-0.05, 0) is 35.6 Å². The molecule has 0 radical (unpaired) electrons. The summed E-state index contributed by atoms with van der Waals surface area (Å²) in [5, 5.41) is 2.64. The van der Waals surface area contributed by atoms with Crippen LogP contribution in [0, 0.1) is 5.41 Å². The molecule has 0 atom stereocenters. The molecule has 1 heterocycles. The number of ether oxygens (including phenoxy) is 1. The number of fused-ring (bicyclic) bond motifs is 1. The van der Waals surface area contributed by atoms with E-state index in [4.69, 9.17) is 4.74 Å². The molecular weight excluding hydrogens is 330 g/mol. The molecule has 6 heteroatoms. The molecule has 6 nitrogen and oxygen atoms in total. The first-order valence-electron chi connectivity index (χ1n) is 8.38. The topological polar surface area (TPSA) is 81.2 Å². The minimum atomic E-state index is -0.331. The molecule has 0 saturated carbocycles. The van der Waals surface area contributed by atoms with E-state index in [0.717, 1.165) is 11.3 Å². The molecule has 0 saturated heterocycles. The van der Waals surface area contributed by atoms with Crippen LogP contribution in [0.5, 0.6) is 5.75 Å². The lowest BCUT2D eigenvalue weighted by Gasteiger charge is -2.29. The van der Waals surface area contributed by atoms with Gasteiger partial charge in [0.1, 0.15) is 5.75 Å². The first kappa shape index (κ1) is 17.8. The number of hydrogen-bond acceptors (Lipinski definition) is 5. The van der Waals surface area contributed by atoms with E-state index in [9.17, 15) is 9.59 Å². The predicted molar refractivity (Wildman–Crippen MR) is 99.1 cm³/mol. The molecule has 26 heavy (non-hydrogen) atoms. The van der Waals surface area contributed by atoms with Crippen molar-refractivity contribution in [1.29, 1.82) is 0 Å². The highest BCUT2D eigenvalue weighted by Gasteiger charge is 2.32. The number of amides is 1. The number of rotatable bonds is 4. The van der Waals surface area contributed by atoms with Gasteiger partial charge in [0.25, 0.3) is 5.91 Å². The molecule has 1 aromatic carbocycles. The van der Waals surface area contributed by atoms with Crippen molar-refractivity contribution in [1.82, 2.24) is 9.97 Å². The zero-order chi connectivity index (χ0) is 18.7. The van der Waals surface area contributed by atoms with E-state index in [2.05, 4.69) is 15.3 Å². The first-order chi connectivity index (χ1) is 12.4. The number of hydrogen-bond donors (Lipinski definition) is 1. The molecule has 0 spiro atoms. The van der Waals surface area contributed by atoms with Crippen LogP contribution in [-0.2, 0) is 11.2 Å². The van der Waals surface area contributed by atoms with Crippen molar-refractivity contribution < 1.29 is 14.3 Å². The van der Waals surface area contributed by atoms with Crippen molar-refractivity contribution in [2.75, 3.05) is 12.4 Å². The second kappa shape index (κ2) is 7.07. The van der Waals surface area contributed by atoms with Crippen LogP contribution in [0.4, 0.5) is 5.95 Å². The van der Waals surface area contributed by atoms with Crippen LogP contribution < -0.4 is 10.1 Å². The number of ketones is 1. The first-order valence-corrected chi connectivity index (χ1v) is 8.38. The molecule has 1 amide bonds. The zero-order valence-electron chi connectivity index (χ0n) is 15.1. The Kier molecular flexibility index (Phi) is 4.84. The van der Waals surface area contributed by atoms with Crippen molar-refractivity contribution in [3.8, 4) is 5.75 Å².